The lowest BCUT2D eigenvalue weighted by Crippen LogP contribution is -1.94. The minimum atomic E-state index is -0.445. The Bertz CT molecular complexity index is 615. The molecule has 0 unspecified atom stereocenters. The number of anilines is 2. The van der Waals surface area contributed by atoms with Crippen molar-refractivity contribution >= 4 is 43.2 Å². The third-order valence-electron chi connectivity index (χ3n) is 2.26. The van der Waals surface area contributed by atoms with Crippen LogP contribution in [0.15, 0.2) is 45.3 Å². The van der Waals surface area contributed by atoms with Crippen LogP contribution in [0.5, 0.6) is 0 Å². The molecule has 0 aliphatic heterocycles. The van der Waals surface area contributed by atoms with E-state index in [1.54, 1.807) is 6.07 Å². The highest BCUT2D eigenvalue weighted by atomic mass is 79.9. The second-order valence-electron chi connectivity index (χ2n) is 3.56. The largest absolute Gasteiger partial charge is 0.354 e. The van der Waals surface area contributed by atoms with Crippen molar-refractivity contribution in [1.82, 2.24) is 0 Å². The zero-order valence-electron chi connectivity index (χ0n) is 9.05. The molecule has 0 bridgehead atoms. The molecular formula is C13H7Br2FN2. The van der Waals surface area contributed by atoms with Gasteiger partial charge in [0, 0.05) is 14.6 Å². The van der Waals surface area contributed by atoms with Crippen LogP contribution in [0.4, 0.5) is 15.8 Å². The molecule has 0 aliphatic carbocycles. The Hall–Kier alpha value is -1.38. The average molecular weight is 370 g/mol. The molecule has 0 heterocycles. The van der Waals surface area contributed by atoms with Crippen LogP contribution in [0.1, 0.15) is 5.56 Å². The lowest BCUT2D eigenvalue weighted by Gasteiger charge is -2.11. The summed E-state index contributed by atoms with van der Waals surface area (Å²) < 4.78 is 15.0. The first-order valence-corrected chi connectivity index (χ1v) is 6.60. The molecular weight excluding hydrogens is 363 g/mol. The van der Waals surface area contributed by atoms with Crippen LogP contribution in [0, 0.1) is 17.1 Å². The molecule has 18 heavy (non-hydrogen) atoms. The topological polar surface area (TPSA) is 35.8 Å². The van der Waals surface area contributed by atoms with Crippen molar-refractivity contribution in [3.05, 3.63) is 56.7 Å². The molecule has 2 aromatic carbocycles. The summed E-state index contributed by atoms with van der Waals surface area (Å²) in [4.78, 5) is 0. The standard InChI is InChI=1S/C13H7Br2FN2/c14-11-2-1-3-12(15)13(11)18-10-5-8(7-17)4-9(16)6-10/h1-6,18H. The first kappa shape index (κ1) is 13.1. The van der Waals surface area contributed by atoms with Gasteiger partial charge in [-0.05, 0) is 62.2 Å². The van der Waals surface area contributed by atoms with Gasteiger partial charge in [0.05, 0.1) is 17.3 Å². The first-order valence-electron chi connectivity index (χ1n) is 5.02. The van der Waals surface area contributed by atoms with Crippen LogP contribution in [-0.2, 0) is 0 Å². The van der Waals surface area contributed by atoms with Gasteiger partial charge in [-0.2, -0.15) is 5.26 Å². The van der Waals surface area contributed by atoms with Gasteiger partial charge in [0.1, 0.15) is 5.82 Å². The summed E-state index contributed by atoms with van der Waals surface area (Å²) in [6.07, 6.45) is 0. The molecule has 0 saturated heterocycles. The van der Waals surface area contributed by atoms with Crippen molar-refractivity contribution in [2.45, 2.75) is 0 Å². The Labute approximate surface area is 121 Å². The van der Waals surface area contributed by atoms with E-state index in [-0.39, 0.29) is 5.56 Å². The Morgan fingerprint density at radius 3 is 2.39 bits per heavy atom. The lowest BCUT2D eigenvalue weighted by atomic mass is 10.2. The molecule has 0 aromatic heterocycles. The van der Waals surface area contributed by atoms with Crippen LogP contribution < -0.4 is 5.32 Å². The molecule has 90 valence electrons. The molecule has 0 radical (unpaired) electrons. The van der Waals surface area contributed by atoms with Crippen molar-refractivity contribution in [2.75, 3.05) is 5.32 Å². The summed E-state index contributed by atoms with van der Waals surface area (Å²) in [6.45, 7) is 0. The van der Waals surface area contributed by atoms with E-state index in [0.29, 0.717) is 5.69 Å². The summed E-state index contributed by atoms with van der Waals surface area (Å²) in [5, 5.41) is 11.9. The van der Waals surface area contributed by atoms with E-state index in [2.05, 4.69) is 37.2 Å². The molecule has 0 amide bonds. The molecule has 0 atom stereocenters. The van der Waals surface area contributed by atoms with Crippen molar-refractivity contribution in [3.63, 3.8) is 0 Å². The van der Waals surface area contributed by atoms with Crippen LogP contribution in [0.2, 0.25) is 0 Å². The van der Waals surface area contributed by atoms with Crippen molar-refractivity contribution in [3.8, 4) is 6.07 Å². The molecule has 1 N–H and O–H groups in total. The van der Waals surface area contributed by atoms with E-state index in [1.165, 1.54) is 12.1 Å². The third kappa shape index (κ3) is 2.89. The molecule has 0 spiro atoms. The number of hydrogen-bond donors (Lipinski definition) is 1. The van der Waals surface area contributed by atoms with E-state index in [9.17, 15) is 4.39 Å². The fourth-order valence-electron chi connectivity index (χ4n) is 1.49. The van der Waals surface area contributed by atoms with Gasteiger partial charge >= 0.3 is 0 Å². The zero-order valence-corrected chi connectivity index (χ0v) is 12.2. The van der Waals surface area contributed by atoms with Gasteiger partial charge < -0.3 is 5.32 Å². The van der Waals surface area contributed by atoms with Crippen LogP contribution >= 0.6 is 31.9 Å². The minimum absolute atomic E-state index is 0.278. The Kier molecular flexibility index (Phi) is 4.00. The van der Waals surface area contributed by atoms with E-state index in [4.69, 9.17) is 5.26 Å². The number of nitriles is 1. The van der Waals surface area contributed by atoms with Crippen molar-refractivity contribution in [2.24, 2.45) is 0 Å². The van der Waals surface area contributed by atoms with Crippen LogP contribution in [-0.4, -0.2) is 0 Å². The SMILES string of the molecule is N#Cc1cc(F)cc(Nc2c(Br)cccc2Br)c1. The molecule has 0 aliphatic rings. The number of benzene rings is 2. The predicted octanol–water partition coefficient (Wildman–Crippen LogP) is 4.97. The van der Waals surface area contributed by atoms with E-state index in [0.717, 1.165) is 14.6 Å². The van der Waals surface area contributed by atoms with Crippen molar-refractivity contribution < 1.29 is 4.39 Å². The number of nitrogens with one attached hydrogen (secondary N) is 1. The molecule has 0 fully saturated rings. The van der Waals surface area contributed by atoms with E-state index >= 15 is 0 Å². The second-order valence-corrected chi connectivity index (χ2v) is 5.27. The highest BCUT2D eigenvalue weighted by Crippen LogP contribution is 2.33. The highest BCUT2D eigenvalue weighted by Gasteiger charge is 2.06. The quantitative estimate of drug-likeness (QED) is 0.811. The number of rotatable bonds is 2. The Morgan fingerprint density at radius 2 is 1.78 bits per heavy atom. The number of hydrogen-bond acceptors (Lipinski definition) is 2. The average Bonchev–Trinajstić information content (AvgIpc) is 2.33. The number of para-hydroxylation sites is 1. The summed E-state index contributed by atoms with van der Waals surface area (Å²) in [5.41, 5.74) is 1.59. The van der Waals surface area contributed by atoms with Gasteiger partial charge in [-0.1, -0.05) is 6.07 Å². The fraction of sp³-hybridized carbons (Fsp3) is 0. The van der Waals surface area contributed by atoms with Crippen LogP contribution in [0.3, 0.4) is 0 Å². The predicted molar refractivity (Wildman–Crippen MR) is 76.2 cm³/mol. The van der Waals surface area contributed by atoms with Gasteiger partial charge in [0.25, 0.3) is 0 Å². The van der Waals surface area contributed by atoms with Gasteiger partial charge in [-0.25, -0.2) is 4.39 Å². The van der Waals surface area contributed by atoms with Gasteiger partial charge in [-0.3, -0.25) is 0 Å². The Balaban J connectivity index is 2.40. The monoisotopic (exact) mass is 368 g/mol. The summed E-state index contributed by atoms with van der Waals surface area (Å²) >= 11 is 6.81. The minimum Gasteiger partial charge on any atom is -0.354 e. The molecule has 2 rings (SSSR count). The summed E-state index contributed by atoms with van der Waals surface area (Å²) in [5.74, 6) is -0.445. The smallest absolute Gasteiger partial charge is 0.126 e. The number of nitrogens with zero attached hydrogens (tertiary/aromatic N) is 1. The molecule has 5 heteroatoms. The van der Waals surface area contributed by atoms with Gasteiger partial charge in [0.2, 0.25) is 0 Å². The number of halogens is 3. The second kappa shape index (κ2) is 5.51. The molecule has 2 nitrogen and oxygen atoms in total. The van der Waals surface area contributed by atoms with Crippen LogP contribution in [0.25, 0.3) is 0 Å². The summed E-state index contributed by atoms with van der Waals surface area (Å²) in [7, 11) is 0. The fourth-order valence-corrected chi connectivity index (χ4v) is 2.68. The van der Waals surface area contributed by atoms with Crippen molar-refractivity contribution in [1.29, 1.82) is 5.26 Å². The van der Waals surface area contributed by atoms with Gasteiger partial charge in [-0.15, -0.1) is 0 Å². The zero-order chi connectivity index (χ0) is 13.1. The summed E-state index contributed by atoms with van der Waals surface area (Å²) in [6, 6.07) is 11.7. The van der Waals surface area contributed by atoms with Gasteiger partial charge in [0.15, 0.2) is 0 Å². The molecule has 2 aromatic rings. The maximum atomic E-state index is 13.3. The normalized spacial score (nSPS) is 9.89. The molecule has 0 saturated carbocycles. The Morgan fingerprint density at radius 1 is 1.11 bits per heavy atom. The first-order chi connectivity index (χ1) is 8.60. The van der Waals surface area contributed by atoms with E-state index in [1.807, 2.05) is 24.3 Å². The lowest BCUT2D eigenvalue weighted by molar-refractivity contribution is 0.628. The third-order valence-corrected chi connectivity index (χ3v) is 3.58. The van der Waals surface area contributed by atoms with E-state index < -0.39 is 5.82 Å². The maximum Gasteiger partial charge on any atom is 0.126 e. The maximum absolute atomic E-state index is 13.3. The highest BCUT2D eigenvalue weighted by molar-refractivity contribution is 9.11.